The highest BCUT2D eigenvalue weighted by Crippen LogP contribution is 2.05. The van der Waals surface area contributed by atoms with Crippen LogP contribution in [-0.4, -0.2) is 48.8 Å². The van der Waals surface area contributed by atoms with E-state index in [9.17, 15) is 0 Å². The molecule has 0 amide bonds. The van der Waals surface area contributed by atoms with Crippen molar-refractivity contribution in [2.45, 2.75) is 26.3 Å². The Bertz CT molecular complexity index is 625. The van der Waals surface area contributed by atoms with Gasteiger partial charge in [-0.05, 0) is 37.6 Å². The molecule has 0 aliphatic rings. The average Bonchev–Trinajstić information content (AvgIpc) is 3.25. The summed E-state index contributed by atoms with van der Waals surface area (Å²) in [5.41, 5.74) is 1.25. The Hall–Kier alpha value is -1.48. The van der Waals surface area contributed by atoms with Gasteiger partial charge in [0.15, 0.2) is 5.96 Å². The van der Waals surface area contributed by atoms with Gasteiger partial charge in [-0.3, -0.25) is 4.99 Å². The first-order valence-electron chi connectivity index (χ1n) is 8.90. The van der Waals surface area contributed by atoms with Gasteiger partial charge in [0.1, 0.15) is 5.76 Å². The lowest BCUT2D eigenvalue weighted by Gasteiger charge is -2.23. The topological polar surface area (TPSA) is 54.9 Å². The number of aromatic nitrogens is 1. The zero-order valence-electron chi connectivity index (χ0n) is 16.0. The van der Waals surface area contributed by atoms with E-state index in [1.807, 2.05) is 19.1 Å². The SMILES string of the molecule is CCOCCCN=C(NCCc1ccco1)N(C)Cc1cccn1C.I. The van der Waals surface area contributed by atoms with Gasteiger partial charge in [0, 0.05) is 58.7 Å². The summed E-state index contributed by atoms with van der Waals surface area (Å²) in [6, 6.07) is 8.10. The number of hydrogen-bond acceptors (Lipinski definition) is 3. The molecule has 0 saturated heterocycles. The maximum atomic E-state index is 5.39. The summed E-state index contributed by atoms with van der Waals surface area (Å²) in [7, 11) is 4.13. The third kappa shape index (κ3) is 7.82. The van der Waals surface area contributed by atoms with Gasteiger partial charge >= 0.3 is 0 Å². The first-order valence-corrected chi connectivity index (χ1v) is 8.90. The predicted molar refractivity (Wildman–Crippen MR) is 116 cm³/mol. The molecule has 2 rings (SSSR count). The number of aryl methyl sites for hydroxylation is 1. The summed E-state index contributed by atoms with van der Waals surface area (Å²) in [5.74, 6) is 1.89. The van der Waals surface area contributed by atoms with Crippen molar-refractivity contribution >= 4 is 29.9 Å². The highest BCUT2D eigenvalue weighted by Gasteiger charge is 2.09. The minimum atomic E-state index is 0. The maximum Gasteiger partial charge on any atom is 0.194 e. The molecule has 2 aromatic rings. The van der Waals surface area contributed by atoms with Crippen molar-refractivity contribution in [2.24, 2.45) is 12.0 Å². The van der Waals surface area contributed by atoms with E-state index in [2.05, 4.69) is 47.2 Å². The van der Waals surface area contributed by atoms with Gasteiger partial charge in [-0.15, -0.1) is 24.0 Å². The number of halogens is 1. The maximum absolute atomic E-state index is 5.39. The summed E-state index contributed by atoms with van der Waals surface area (Å²) in [6.07, 6.45) is 5.53. The molecule has 0 saturated carbocycles. The number of aliphatic imine (C=N–C) groups is 1. The molecule has 0 fully saturated rings. The van der Waals surface area contributed by atoms with Crippen molar-refractivity contribution in [1.29, 1.82) is 0 Å². The fourth-order valence-corrected chi connectivity index (χ4v) is 2.54. The molecule has 0 aromatic carbocycles. The molecule has 1 N–H and O–H groups in total. The van der Waals surface area contributed by atoms with Crippen molar-refractivity contribution in [3.05, 3.63) is 48.2 Å². The minimum absolute atomic E-state index is 0. The van der Waals surface area contributed by atoms with E-state index in [-0.39, 0.29) is 24.0 Å². The van der Waals surface area contributed by atoms with Crippen molar-refractivity contribution < 1.29 is 9.15 Å². The molecule has 146 valence electrons. The van der Waals surface area contributed by atoms with Crippen LogP contribution in [-0.2, 0) is 24.8 Å². The molecule has 0 atom stereocenters. The normalized spacial score (nSPS) is 11.3. The van der Waals surface area contributed by atoms with E-state index >= 15 is 0 Å². The van der Waals surface area contributed by atoms with Crippen LogP contribution >= 0.6 is 24.0 Å². The second-order valence-electron chi connectivity index (χ2n) is 5.98. The smallest absolute Gasteiger partial charge is 0.194 e. The average molecular weight is 474 g/mol. The second-order valence-corrected chi connectivity index (χ2v) is 5.98. The van der Waals surface area contributed by atoms with E-state index in [4.69, 9.17) is 14.1 Å². The van der Waals surface area contributed by atoms with Gasteiger partial charge in [-0.2, -0.15) is 0 Å². The van der Waals surface area contributed by atoms with E-state index in [0.717, 1.165) is 57.4 Å². The Morgan fingerprint density at radius 2 is 2.19 bits per heavy atom. The molecule has 2 aromatic heterocycles. The van der Waals surface area contributed by atoms with E-state index in [0.29, 0.717) is 0 Å². The van der Waals surface area contributed by atoms with Crippen molar-refractivity contribution in [1.82, 2.24) is 14.8 Å². The van der Waals surface area contributed by atoms with Crippen molar-refractivity contribution in [3.63, 3.8) is 0 Å². The molecule has 0 radical (unpaired) electrons. The molecule has 0 aliphatic carbocycles. The van der Waals surface area contributed by atoms with Crippen LogP contribution in [0.25, 0.3) is 0 Å². The van der Waals surface area contributed by atoms with E-state index in [1.165, 1.54) is 5.69 Å². The van der Waals surface area contributed by atoms with Gasteiger partial charge in [0.05, 0.1) is 12.8 Å². The summed E-state index contributed by atoms with van der Waals surface area (Å²) in [6.45, 7) is 5.86. The van der Waals surface area contributed by atoms with Gasteiger partial charge in [-0.25, -0.2) is 0 Å². The summed E-state index contributed by atoms with van der Waals surface area (Å²) < 4.78 is 12.9. The first-order chi connectivity index (χ1) is 12.2. The van der Waals surface area contributed by atoms with E-state index in [1.54, 1.807) is 6.26 Å². The standard InChI is InChI=1S/C19H30N4O2.HI/c1-4-24-14-7-11-20-19(21-12-10-18-9-6-15-25-18)23(3)16-17-8-5-13-22(17)2;/h5-6,8-9,13,15H,4,7,10-12,14,16H2,1-3H3,(H,20,21);1H. The number of nitrogens with one attached hydrogen (secondary N) is 1. The van der Waals surface area contributed by atoms with Crippen molar-refractivity contribution in [2.75, 3.05) is 33.4 Å². The predicted octanol–water partition coefficient (Wildman–Crippen LogP) is 3.28. The Kier molecular flexibility index (Phi) is 11.1. The molecule has 6 nitrogen and oxygen atoms in total. The van der Waals surface area contributed by atoms with Gasteiger partial charge in [-0.1, -0.05) is 0 Å². The Morgan fingerprint density at radius 1 is 1.35 bits per heavy atom. The van der Waals surface area contributed by atoms with Crippen LogP contribution in [0.2, 0.25) is 0 Å². The Balaban J connectivity index is 0.00000338. The second kappa shape index (κ2) is 12.8. The minimum Gasteiger partial charge on any atom is -0.469 e. The highest BCUT2D eigenvalue weighted by atomic mass is 127. The molecule has 2 heterocycles. The molecule has 0 bridgehead atoms. The lowest BCUT2D eigenvalue weighted by atomic mass is 10.3. The van der Waals surface area contributed by atoms with Crippen molar-refractivity contribution in [3.8, 4) is 0 Å². The van der Waals surface area contributed by atoms with Gasteiger partial charge < -0.3 is 23.9 Å². The quantitative estimate of drug-likeness (QED) is 0.249. The van der Waals surface area contributed by atoms with Crippen LogP contribution < -0.4 is 5.32 Å². The molecule has 7 heteroatoms. The van der Waals surface area contributed by atoms with Crippen LogP contribution in [0.4, 0.5) is 0 Å². The third-order valence-corrected chi connectivity index (χ3v) is 3.96. The highest BCUT2D eigenvalue weighted by molar-refractivity contribution is 14.0. The van der Waals surface area contributed by atoms with Crippen LogP contribution in [0.1, 0.15) is 24.8 Å². The zero-order chi connectivity index (χ0) is 17.9. The zero-order valence-corrected chi connectivity index (χ0v) is 18.3. The molecular formula is C19H31IN4O2. The molecule has 0 unspecified atom stereocenters. The van der Waals surface area contributed by atoms with E-state index < -0.39 is 0 Å². The monoisotopic (exact) mass is 474 g/mol. The molecule has 0 spiro atoms. The summed E-state index contributed by atoms with van der Waals surface area (Å²) >= 11 is 0. The molecule has 26 heavy (non-hydrogen) atoms. The lowest BCUT2D eigenvalue weighted by Crippen LogP contribution is -2.40. The van der Waals surface area contributed by atoms with Crippen LogP contribution in [0.15, 0.2) is 46.1 Å². The molecule has 0 aliphatic heterocycles. The number of rotatable bonds is 10. The number of ether oxygens (including phenoxy) is 1. The number of guanidine groups is 1. The van der Waals surface area contributed by atoms with Gasteiger partial charge in [0.25, 0.3) is 0 Å². The van der Waals surface area contributed by atoms with Gasteiger partial charge in [0.2, 0.25) is 0 Å². The summed E-state index contributed by atoms with van der Waals surface area (Å²) in [5, 5.41) is 3.45. The van der Waals surface area contributed by atoms with Crippen LogP contribution in [0.5, 0.6) is 0 Å². The fourth-order valence-electron chi connectivity index (χ4n) is 2.54. The number of hydrogen-bond donors (Lipinski definition) is 1. The Labute approximate surface area is 173 Å². The number of furan rings is 1. The fraction of sp³-hybridized carbons (Fsp3) is 0.526. The largest absolute Gasteiger partial charge is 0.469 e. The van der Waals surface area contributed by atoms with Crippen LogP contribution in [0.3, 0.4) is 0 Å². The third-order valence-electron chi connectivity index (χ3n) is 3.96. The first kappa shape index (κ1) is 22.6. The molecular weight excluding hydrogens is 443 g/mol. The lowest BCUT2D eigenvalue weighted by molar-refractivity contribution is 0.146. The van der Waals surface area contributed by atoms with Crippen LogP contribution in [0, 0.1) is 0 Å². The number of nitrogens with zero attached hydrogens (tertiary/aromatic N) is 3. The Morgan fingerprint density at radius 3 is 2.85 bits per heavy atom. The summed E-state index contributed by atoms with van der Waals surface area (Å²) in [4.78, 5) is 6.89.